The van der Waals surface area contributed by atoms with Crippen LogP contribution in [0.3, 0.4) is 0 Å². The molecule has 2 aromatic rings. The van der Waals surface area contributed by atoms with Gasteiger partial charge in [0.25, 0.3) is 0 Å². The Morgan fingerprint density at radius 3 is 2.96 bits per heavy atom. The van der Waals surface area contributed by atoms with Gasteiger partial charge in [0, 0.05) is 49.2 Å². The smallest absolute Gasteiger partial charge is 0.0900 e. The lowest BCUT2D eigenvalue weighted by molar-refractivity contribution is -0.0543. The van der Waals surface area contributed by atoms with Gasteiger partial charge in [-0.25, -0.2) is 0 Å². The number of likely N-dealkylation sites (tertiary alicyclic amines) is 1. The van der Waals surface area contributed by atoms with Crippen LogP contribution in [0.25, 0.3) is 10.9 Å². The van der Waals surface area contributed by atoms with Gasteiger partial charge in [-0.15, -0.1) is 0 Å². The van der Waals surface area contributed by atoms with Crippen LogP contribution in [0.5, 0.6) is 0 Å². The minimum atomic E-state index is -0.544. The topological polar surface area (TPSA) is 42.5 Å². The predicted molar refractivity (Wildman–Crippen MR) is 93.6 cm³/mol. The molecule has 0 spiro atoms. The Bertz CT molecular complexity index is 695. The normalized spacial score (nSPS) is 26.5. The van der Waals surface area contributed by atoms with Crippen molar-refractivity contribution < 1.29 is 5.11 Å². The van der Waals surface area contributed by atoms with Gasteiger partial charge in [0.2, 0.25) is 0 Å². The van der Waals surface area contributed by atoms with E-state index < -0.39 is 5.60 Å². The van der Waals surface area contributed by atoms with Crippen LogP contribution in [-0.2, 0) is 13.0 Å². The monoisotopic (exact) mass is 313 g/mol. The fourth-order valence-electron chi connectivity index (χ4n) is 4.38. The van der Waals surface area contributed by atoms with Gasteiger partial charge >= 0.3 is 0 Å². The van der Waals surface area contributed by atoms with Gasteiger partial charge in [0.05, 0.1) is 5.60 Å². The highest BCUT2D eigenvalue weighted by Gasteiger charge is 2.35. The third kappa shape index (κ3) is 2.91. The molecule has 0 amide bonds. The molecule has 124 valence electrons. The standard InChI is InChI=1S/C19H27N3O/c1-2-21-10-5-9-19(23,13-21)14-22-11-8-18-16(12-22)15-6-3-4-7-17(15)20-18/h3-4,6-7,20,23H,2,5,8-14H2,1H3. The van der Waals surface area contributed by atoms with Crippen LogP contribution in [-0.4, -0.2) is 58.2 Å². The van der Waals surface area contributed by atoms with E-state index in [4.69, 9.17) is 0 Å². The number of hydrogen-bond acceptors (Lipinski definition) is 3. The summed E-state index contributed by atoms with van der Waals surface area (Å²) >= 11 is 0. The maximum Gasteiger partial charge on any atom is 0.0900 e. The molecule has 1 aromatic carbocycles. The summed E-state index contributed by atoms with van der Waals surface area (Å²) in [6.07, 6.45) is 3.09. The highest BCUT2D eigenvalue weighted by atomic mass is 16.3. The second-order valence-corrected chi connectivity index (χ2v) is 7.29. The second-order valence-electron chi connectivity index (χ2n) is 7.29. The van der Waals surface area contributed by atoms with E-state index in [1.807, 2.05) is 0 Å². The molecule has 1 fully saturated rings. The van der Waals surface area contributed by atoms with Gasteiger partial charge in [-0.2, -0.15) is 0 Å². The van der Waals surface area contributed by atoms with E-state index in [2.05, 4.69) is 46.0 Å². The van der Waals surface area contributed by atoms with Crippen LogP contribution < -0.4 is 0 Å². The molecule has 2 N–H and O–H groups in total. The van der Waals surface area contributed by atoms with Gasteiger partial charge < -0.3 is 15.0 Å². The Morgan fingerprint density at radius 1 is 1.22 bits per heavy atom. The number of likely N-dealkylation sites (N-methyl/N-ethyl adjacent to an activating group) is 1. The lowest BCUT2D eigenvalue weighted by Gasteiger charge is -2.42. The predicted octanol–water partition coefficient (Wildman–Crippen LogP) is 2.37. The molecule has 3 heterocycles. The summed E-state index contributed by atoms with van der Waals surface area (Å²) in [5.41, 5.74) is 3.51. The summed E-state index contributed by atoms with van der Waals surface area (Å²) in [6, 6.07) is 8.57. The fourth-order valence-corrected chi connectivity index (χ4v) is 4.38. The minimum absolute atomic E-state index is 0.544. The molecule has 0 bridgehead atoms. The number of aliphatic hydroxyl groups is 1. The number of nitrogens with zero attached hydrogens (tertiary/aromatic N) is 2. The van der Waals surface area contributed by atoms with E-state index in [9.17, 15) is 5.11 Å². The molecule has 0 aliphatic carbocycles. The lowest BCUT2D eigenvalue weighted by atomic mass is 9.91. The highest BCUT2D eigenvalue weighted by molar-refractivity contribution is 5.84. The van der Waals surface area contributed by atoms with Gasteiger partial charge in [-0.3, -0.25) is 4.90 Å². The third-order valence-electron chi connectivity index (χ3n) is 5.56. The molecule has 2 aliphatic rings. The molecular formula is C19H27N3O. The zero-order valence-electron chi connectivity index (χ0n) is 14.0. The average molecular weight is 313 g/mol. The van der Waals surface area contributed by atoms with Crippen molar-refractivity contribution in [2.75, 3.05) is 32.7 Å². The summed E-state index contributed by atoms with van der Waals surface area (Å²) in [7, 11) is 0. The molecular weight excluding hydrogens is 286 g/mol. The second kappa shape index (κ2) is 5.93. The number of β-amino-alcohol motifs (C(OH)–C–C–N with tert-alkyl or cyclic N) is 1. The molecule has 0 radical (unpaired) electrons. The largest absolute Gasteiger partial charge is 0.387 e. The molecule has 4 rings (SSSR count). The third-order valence-corrected chi connectivity index (χ3v) is 5.56. The van der Waals surface area contributed by atoms with E-state index in [0.717, 1.165) is 58.5 Å². The zero-order chi connectivity index (χ0) is 15.9. The van der Waals surface area contributed by atoms with Crippen LogP contribution in [0.15, 0.2) is 24.3 Å². The minimum Gasteiger partial charge on any atom is -0.387 e. The Hall–Kier alpha value is -1.36. The zero-order valence-corrected chi connectivity index (χ0v) is 14.0. The molecule has 1 unspecified atom stereocenters. The van der Waals surface area contributed by atoms with Gasteiger partial charge in [0.15, 0.2) is 0 Å². The van der Waals surface area contributed by atoms with Crippen molar-refractivity contribution in [1.82, 2.24) is 14.8 Å². The molecule has 1 saturated heterocycles. The van der Waals surface area contributed by atoms with Crippen molar-refractivity contribution >= 4 is 10.9 Å². The van der Waals surface area contributed by atoms with E-state index in [1.165, 1.54) is 22.2 Å². The number of aromatic amines is 1. The van der Waals surface area contributed by atoms with Crippen molar-refractivity contribution in [1.29, 1.82) is 0 Å². The van der Waals surface area contributed by atoms with Crippen molar-refractivity contribution in [2.45, 2.75) is 38.3 Å². The van der Waals surface area contributed by atoms with Crippen molar-refractivity contribution in [3.63, 3.8) is 0 Å². The molecule has 4 nitrogen and oxygen atoms in total. The maximum absolute atomic E-state index is 11.0. The SMILES string of the molecule is CCN1CCCC(O)(CN2CCc3[nH]c4ccccc4c3C2)C1. The number of aromatic nitrogens is 1. The Labute approximate surface area is 138 Å². The number of fused-ring (bicyclic) bond motifs is 3. The number of nitrogens with one attached hydrogen (secondary N) is 1. The van der Waals surface area contributed by atoms with Gasteiger partial charge in [0.1, 0.15) is 0 Å². The van der Waals surface area contributed by atoms with Crippen LogP contribution in [0.2, 0.25) is 0 Å². The first kappa shape index (κ1) is 15.2. The van der Waals surface area contributed by atoms with E-state index in [1.54, 1.807) is 0 Å². The van der Waals surface area contributed by atoms with Crippen molar-refractivity contribution in [3.8, 4) is 0 Å². The first-order valence-electron chi connectivity index (χ1n) is 8.92. The Kier molecular flexibility index (Phi) is 3.92. The van der Waals surface area contributed by atoms with Gasteiger partial charge in [-0.05, 0) is 37.6 Å². The van der Waals surface area contributed by atoms with Gasteiger partial charge in [-0.1, -0.05) is 25.1 Å². The average Bonchev–Trinajstić information content (AvgIpc) is 2.92. The molecule has 0 saturated carbocycles. The summed E-state index contributed by atoms with van der Waals surface area (Å²) < 4.78 is 0. The van der Waals surface area contributed by atoms with E-state index >= 15 is 0 Å². The number of benzene rings is 1. The summed E-state index contributed by atoms with van der Waals surface area (Å²) in [5.74, 6) is 0. The van der Waals surface area contributed by atoms with Crippen LogP contribution in [0, 0.1) is 0 Å². The Morgan fingerprint density at radius 2 is 2.09 bits per heavy atom. The maximum atomic E-state index is 11.0. The number of hydrogen-bond donors (Lipinski definition) is 2. The van der Waals surface area contributed by atoms with Crippen molar-refractivity contribution in [2.24, 2.45) is 0 Å². The fraction of sp³-hybridized carbons (Fsp3) is 0.579. The molecule has 23 heavy (non-hydrogen) atoms. The first-order valence-corrected chi connectivity index (χ1v) is 8.92. The Balaban J connectivity index is 1.51. The number of piperidine rings is 1. The quantitative estimate of drug-likeness (QED) is 0.914. The lowest BCUT2D eigenvalue weighted by Crippen LogP contribution is -2.54. The van der Waals surface area contributed by atoms with Crippen LogP contribution >= 0.6 is 0 Å². The van der Waals surface area contributed by atoms with Crippen molar-refractivity contribution in [3.05, 3.63) is 35.5 Å². The molecule has 1 aromatic heterocycles. The first-order chi connectivity index (χ1) is 11.2. The summed E-state index contributed by atoms with van der Waals surface area (Å²) in [5, 5.41) is 12.4. The molecule has 1 atom stereocenters. The van der Waals surface area contributed by atoms with Crippen LogP contribution in [0.1, 0.15) is 31.0 Å². The van der Waals surface area contributed by atoms with Crippen LogP contribution in [0.4, 0.5) is 0 Å². The number of rotatable bonds is 3. The van der Waals surface area contributed by atoms with E-state index in [0.29, 0.717) is 0 Å². The van der Waals surface area contributed by atoms with E-state index in [-0.39, 0.29) is 0 Å². The number of H-pyrrole nitrogens is 1. The number of para-hydroxylation sites is 1. The summed E-state index contributed by atoms with van der Waals surface area (Å²) in [4.78, 5) is 8.39. The highest BCUT2D eigenvalue weighted by Crippen LogP contribution is 2.30. The summed E-state index contributed by atoms with van der Waals surface area (Å²) in [6.45, 7) is 7.95. The molecule has 4 heteroatoms. The molecule has 2 aliphatic heterocycles.